The fourth-order valence-corrected chi connectivity index (χ4v) is 2.75. The van der Waals surface area contributed by atoms with E-state index in [1.165, 1.54) is 6.42 Å². The van der Waals surface area contributed by atoms with E-state index in [-0.39, 0.29) is 24.3 Å². The second kappa shape index (κ2) is 8.54. The number of para-hydroxylation sites is 1. The molecule has 1 aliphatic heterocycles. The first-order chi connectivity index (χ1) is 10.7. The standard InChI is InChI=1S/C17H25N3O2/c1-20-13-7-3-6-10-15(20)17(22)18-12-11-16(21)19-14-8-4-2-5-9-14/h2,4-5,8-9,15H,3,6-7,10-13H2,1H3,(H,18,22)(H,19,21)/t15-/m1/s1. The largest absolute Gasteiger partial charge is 0.354 e. The molecule has 0 unspecified atom stereocenters. The van der Waals surface area contributed by atoms with Crippen molar-refractivity contribution in [1.29, 1.82) is 0 Å². The van der Waals surface area contributed by atoms with E-state index in [0.717, 1.165) is 31.5 Å². The Bertz CT molecular complexity index is 490. The Morgan fingerprint density at radius 1 is 1.18 bits per heavy atom. The molecule has 1 atom stereocenters. The number of carbonyl (C=O) groups excluding carboxylic acids is 2. The molecule has 0 bridgehead atoms. The number of carbonyl (C=O) groups is 2. The number of hydrogen-bond donors (Lipinski definition) is 2. The summed E-state index contributed by atoms with van der Waals surface area (Å²) in [6.07, 6.45) is 4.62. The van der Waals surface area contributed by atoms with Gasteiger partial charge in [-0.3, -0.25) is 14.5 Å². The van der Waals surface area contributed by atoms with Crippen molar-refractivity contribution >= 4 is 17.5 Å². The molecule has 0 aliphatic carbocycles. The fourth-order valence-electron chi connectivity index (χ4n) is 2.75. The van der Waals surface area contributed by atoms with Crippen LogP contribution in [0.25, 0.3) is 0 Å². The van der Waals surface area contributed by atoms with Crippen molar-refractivity contribution in [3.8, 4) is 0 Å². The van der Waals surface area contributed by atoms with Crippen LogP contribution in [0.15, 0.2) is 30.3 Å². The lowest BCUT2D eigenvalue weighted by molar-refractivity contribution is -0.126. The molecule has 2 amide bonds. The molecule has 0 spiro atoms. The second-order valence-electron chi connectivity index (χ2n) is 5.80. The van der Waals surface area contributed by atoms with E-state index >= 15 is 0 Å². The Morgan fingerprint density at radius 2 is 1.95 bits per heavy atom. The van der Waals surface area contributed by atoms with Crippen LogP contribution in [0.1, 0.15) is 32.1 Å². The van der Waals surface area contributed by atoms with Crippen molar-refractivity contribution in [3.05, 3.63) is 30.3 Å². The summed E-state index contributed by atoms with van der Waals surface area (Å²) in [5, 5.41) is 5.70. The molecule has 1 saturated heterocycles. The SMILES string of the molecule is CN1CCCCC[C@@H]1C(=O)NCCC(=O)Nc1ccccc1. The maximum atomic E-state index is 12.2. The van der Waals surface area contributed by atoms with Gasteiger partial charge in [0, 0.05) is 18.7 Å². The highest BCUT2D eigenvalue weighted by Gasteiger charge is 2.24. The number of likely N-dealkylation sites (N-methyl/N-ethyl adjacent to an activating group) is 1. The minimum absolute atomic E-state index is 0.0388. The van der Waals surface area contributed by atoms with E-state index in [9.17, 15) is 9.59 Å². The Kier molecular flexibility index (Phi) is 6.40. The van der Waals surface area contributed by atoms with Crippen molar-refractivity contribution in [2.24, 2.45) is 0 Å². The predicted octanol–water partition coefficient (Wildman–Crippen LogP) is 2.01. The third-order valence-electron chi connectivity index (χ3n) is 4.03. The Balaban J connectivity index is 1.71. The zero-order valence-electron chi connectivity index (χ0n) is 13.2. The van der Waals surface area contributed by atoms with E-state index in [1.54, 1.807) is 0 Å². The molecule has 1 fully saturated rings. The van der Waals surface area contributed by atoms with Gasteiger partial charge in [0.2, 0.25) is 11.8 Å². The zero-order chi connectivity index (χ0) is 15.8. The molecule has 2 rings (SSSR count). The summed E-state index contributed by atoms with van der Waals surface area (Å²) < 4.78 is 0. The van der Waals surface area contributed by atoms with Crippen LogP contribution in [0.4, 0.5) is 5.69 Å². The monoisotopic (exact) mass is 303 g/mol. The van der Waals surface area contributed by atoms with Crippen molar-refractivity contribution in [2.75, 3.05) is 25.5 Å². The molecular formula is C17H25N3O2. The molecule has 0 saturated carbocycles. The number of anilines is 1. The number of benzene rings is 1. The van der Waals surface area contributed by atoms with Crippen LogP contribution in [0.3, 0.4) is 0 Å². The fraction of sp³-hybridized carbons (Fsp3) is 0.529. The van der Waals surface area contributed by atoms with Crippen LogP contribution >= 0.6 is 0 Å². The predicted molar refractivity (Wildman–Crippen MR) is 87.6 cm³/mol. The minimum Gasteiger partial charge on any atom is -0.354 e. The number of rotatable bonds is 5. The van der Waals surface area contributed by atoms with Gasteiger partial charge in [0.25, 0.3) is 0 Å². The molecule has 1 aromatic carbocycles. The van der Waals surface area contributed by atoms with Gasteiger partial charge in [0.1, 0.15) is 0 Å². The molecule has 1 aliphatic rings. The average molecular weight is 303 g/mol. The summed E-state index contributed by atoms with van der Waals surface area (Å²) in [6, 6.07) is 9.28. The van der Waals surface area contributed by atoms with Gasteiger partial charge < -0.3 is 10.6 Å². The van der Waals surface area contributed by atoms with Crippen molar-refractivity contribution in [2.45, 2.75) is 38.1 Å². The molecule has 2 N–H and O–H groups in total. The number of likely N-dealkylation sites (tertiary alicyclic amines) is 1. The average Bonchev–Trinajstić information content (AvgIpc) is 2.72. The molecule has 1 heterocycles. The van der Waals surface area contributed by atoms with Gasteiger partial charge in [-0.15, -0.1) is 0 Å². The molecule has 5 nitrogen and oxygen atoms in total. The lowest BCUT2D eigenvalue weighted by atomic mass is 10.1. The Hall–Kier alpha value is -1.88. The van der Waals surface area contributed by atoms with Gasteiger partial charge in [-0.1, -0.05) is 31.0 Å². The van der Waals surface area contributed by atoms with Crippen LogP contribution in [0, 0.1) is 0 Å². The van der Waals surface area contributed by atoms with E-state index < -0.39 is 0 Å². The van der Waals surface area contributed by atoms with E-state index in [0.29, 0.717) is 6.54 Å². The first-order valence-corrected chi connectivity index (χ1v) is 7.99. The maximum absolute atomic E-state index is 12.2. The highest BCUT2D eigenvalue weighted by atomic mass is 16.2. The molecule has 5 heteroatoms. The van der Waals surface area contributed by atoms with Gasteiger partial charge in [-0.2, -0.15) is 0 Å². The van der Waals surface area contributed by atoms with Crippen LogP contribution < -0.4 is 10.6 Å². The lowest BCUT2D eigenvalue weighted by Crippen LogP contribution is -2.45. The number of nitrogens with zero attached hydrogens (tertiary/aromatic N) is 1. The summed E-state index contributed by atoms with van der Waals surface area (Å²) in [4.78, 5) is 26.2. The summed E-state index contributed by atoms with van der Waals surface area (Å²) in [5.41, 5.74) is 0.780. The van der Waals surface area contributed by atoms with E-state index in [2.05, 4.69) is 15.5 Å². The summed E-state index contributed by atoms with van der Waals surface area (Å²) in [5.74, 6) is -0.0439. The Morgan fingerprint density at radius 3 is 2.73 bits per heavy atom. The zero-order valence-corrected chi connectivity index (χ0v) is 13.2. The third kappa shape index (κ3) is 5.15. The normalized spacial score (nSPS) is 19.2. The van der Waals surface area contributed by atoms with Gasteiger partial charge in [0.05, 0.1) is 6.04 Å². The molecule has 22 heavy (non-hydrogen) atoms. The van der Waals surface area contributed by atoms with Crippen molar-refractivity contribution in [1.82, 2.24) is 10.2 Å². The molecule has 0 aromatic heterocycles. The number of hydrogen-bond acceptors (Lipinski definition) is 3. The quantitative estimate of drug-likeness (QED) is 0.874. The second-order valence-corrected chi connectivity index (χ2v) is 5.80. The highest BCUT2D eigenvalue weighted by molar-refractivity contribution is 5.91. The third-order valence-corrected chi connectivity index (χ3v) is 4.03. The summed E-state index contributed by atoms with van der Waals surface area (Å²) in [6.45, 7) is 1.34. The van der Waals surface area contributed by atoms with E-state index in [1.807, 2.05) is 37.4 Å². The van der Waals surface area contributed by atoms with Gasteiger partial charge in [-0.25, -0.2) is 0 Å². The van der Waals surface area contributed by atoms with Crippen LogP contribution in [-0.4, -0.2) is 42.9 Å². The van der Waals surface area contributed by atoms with Gasteiger partial charge >= 0.3 is 0 Å². The Labute approximate surface area is 132 Å². The molecular weight excluding hydrogens is 278 g/mol. The maximum Gasteiger partial charge on any atom is 0.237 e. The molecule has 120 valence electrons. The number of nitrogens with one attached hydrogen (secondary N) is 2. The molecule has 0 radical (unpaired) electrons. The smallest absolute Gasteiger partial charge is 0.237 e. The lowest BCUT2D eigenvalue weighted by Gasteiger charge is -2.24. The first kappa shape index (κ1) is 16.5. The van der Waals surface area contributed by atoms with E-state index in [4.69, 9.17) is 0 Å². The first-order valence-electron chi connectivity index (χ1n) is 7.99. The number of amides is 2. The van der Waals surface area contributed by atoms with Crippen LogP contribution in [0.5, 0.6) is 0 Å². The minimum atomic E-state index is -0.0827. The van der Waals surface area contributed by atoms with Crippen LogP contribution in [0.2, 0.25) is 0 Å². The van der Waals surface area contributed by atoms with Crippen molar-refractivity contribution in [3.63, 3.8) is 0 Å². The topological polar surface area (TPSA) is 61.4 Å². The van der Waals surface area contributed by atoms with Crippen LogP contribution in [-0.2, 0) is 9.59 Å². The molecule has 1 aromatic rings. The van der Waals surface area contributed by atoms with Crippen molar-refractivity contribution < 1.29 is 9.59 Å². The highest BCUT2D eigenvalue weighted by Crippen LogP contribution is 2.15. The summed E-state index contributed by atoms with van der Waals surface area (Å²) in [7, 11) is 2.00. The van der Waals surface area contributed by atoms with Gasteiger partial charge in [0.15, 0.2) is 0 Å². The van der Waals surface area contributed by atoms with Gasteiger partial charge in [-0.05, 0) is 38.6 Å². The summed E-state index contributed by atoms with van der Waals surface area (Å²) >= 11 is 0.